The van der Waals surface area contributed by atoms with E-state index in [1.807, 2.05) is 19.1 Å². The standard InChI is InChI=1S/C20H29NO2/c1-4-7-8-9-10-12-15(5-2)16-13-11-14-17-18(16)20(23)21(6-3)19(17)22/h11,13-15H,4-10,12H2,1-3H3. The van der Waals surface area contributed by atoms with Crippen molar-refractivity contribution in [2.75, 3.05) is 6.54 Å². The van der Waals surface area contributed by atoms with Crippen molar-refractivity contribution in [2.24, 2.45) is 0 Å². The number of fused-ring (bicyclic) bond motifs is 1. The number of unbranched alkanes of at least 4 members (excludes halogenated alkanes) is 4. The Kier molecular flexibility index (Phi) is 6.37. The molecule has 1 aliphatic rings. The number of rotatable bonds is 9. The van der Waals surface area contributed by atoms with E-state index in [0.717, 1.165) is 18.4 Å². The van der Waals surface area contributed by atoms with E-state index in [1.54, 1.807) is 6.07 Å². The lowest BCUT2D eigenvalue weighted by atomic mass is 9.86. The minimum atomic E-state index is -0.132. The van der Waals surface area contributed by atoms with Crippen LogP contribution in [0.4, 0.5) is 0 Å². The molecule has 0 aliphatic carbocycles. The van der Waals surface area contributed by atoms with Gasteiger partial charge in [0, 0.05) is 6.54 Å². The molecule has 0 bridgehead atoms. The maximum Gasteiger partial charge on any atom is 0.261 e. The largest absolute Gasteiger partial charge is 0.275 e. The maximum absolute atomic E-state index is 12.6. The van der Waals surface area contributed by atoms with Gasteiger partial charge in [0.15, 0.2) is 0 Å². The first-order chi connectivity index (χ1) is 11.2. The molecule has 3 nitrogen and oxygen atoms in total. The average Bonchev–Trinajstić information content (AvgIpc) is 2.82. The molecule has 1 unspecified atom stereocenters. The number of benzene rings is 1. The maximum atomic E-state index is 12.6. The predicted molar refractivity (Wildman–Crippen MR) is 93.9 cm³/mol. The van der Waals surface area contributed by atoms with Crippen LogP contribution in [0.5, 0.6) is 0 Å². The van der Waals surface area contributed by atoms with Gasteiger partial charge in [-0.1, -0.05) is 58.1 Å². The monoisotopic (exact) mass is 315 g/mol. The smallest absolute Gasteiger partial charge is 0.261 e. The summed E-state index contributed by atoms with van der Waals surface area (Å²) in [6.45, 7) is 6.70. The van der Waals surface area contributed by atoms with Gasteiger partial charge in [0.1, 0.15) is 0 Å². The molecule has 2 amide bonds. The van der Waals surface area contributed by atoms with E-state index in [1.165, 1.54) is 37.0 Å². The molecule has 0 saturated heterocycles. The highest BCUT2D eigenvalue weighted by atomic mass is 16.2. The summed E-state index contributed by atoms with van der Waals surface area (Å²) in [5.74, 6) is 0.139. The third-order valence-corrected chi connectivity index (χ3v) is 4.94. The van der Waals surface area contributed by atoms with Crippen LogP contribution in [0.3, 0.4) is 0 Å². The predicted octanol–water partition coefficient (Wildman–Crippen LogP) is 5.16. The third-order valence-electron chi connectivity index (χ3n) is 4.94. The van der Waals surface area contributed by atoms with Crippen LogP contribution in [0.2, 0.25) is 0 Å². The Balaban J connectivity index is 2.17. The SMILES string of the molecule is CCCCCCCC(CC)c1cccc2c1C(=O)N(CC)C2=O. The zero-order valence-corrected chi connectivity index (χ0v) is 14.7. The fraction of sp³-hybridized carbons (Fsp3) is 0.600. The van der Waals surface area contributed by atoms with Gasteiger partial charge in [-0.25, -0.2) is 0 Å². The number of carbonyl (C=O) groups is 2. The second-order valence-electron chi connectivity index (χ2n) is 6.43. The summed E-state index contributed by atoms with van der Waals surface area (Å²) in [6, 6.07) is 5.77. The van der Waals surface area contributed by atoms with Crippen molar-refractivity contribution in [3.8, 4) is 0 Å². The van der Waals surface area contributed by atoms with E-state index >= 15 is 0 Å². The lowest BCUT2D eigenvalue weighted by Crippen LogP contribution is -2.29. The minimum Gasteiger partial charge on any atom is -0.275 e. The van der Waals surface area contributed by atoms with Crippen LogP contribution in [-0.4, -0.2) is 23.3 Å². The number of hydrogen-bond acceptors (Lipinski definition) is 2. The van der Waals surface area contributed by atoms with E-state index in [-0.39, 0.29) is 11.8 Å². The van der Waals surface area contributed by atoms with Crippen LogP contribution in [0.1, 0.15) is 97.9 Å². The van der Waals surface area contributed by atoms with Gasteiger partial charge in [0.05, 0.1) is 11.1 Å². The minimum absolute atomic E-state index is 0.104. The molecule has 0 spiro atoms. The first-order valence-corrected chi connectivity index (χ1v) is 9.14. The third kappa shape index (κ3) is 3.65. The Bertz CT molecular complexity index is 565. The summed E-state index contributed by atoms with van der Waals surface area (Å²) >= 11 is 0. The number of imide groups is 1. The molecular formula is C20H29NO2. The lowest BCUT2D eigenvalue weighted by molar-refractivity contribution is 0.0662. The number of carbonyl (C=O) groups excluding carboxylic acids is 2. The highest BCUT2D eigenvalue weighted by Gasteiger charge is 2.37. The van der Waals surface area contributed by atoms with Crippen LogP contribution >= 0.6 is 0 Å². The summed E-state index contributed by atoms with van der Waals surface area (Å²) in [5, 5.41) is 0. The molecule has 1 heterocycles. The van der Waals surface area contributed by atoms with Gasteiger partial charge in [-0.05, 0) is 37.3 Å². The van der Waals surface area contributed by atoms with E-state index in [2.05, 4.69) is 13.8 Å². The molecule has 23 heavy (non-hydrogen) atoms. The second-order valence-corrected chi connectivity index (χ2v) is 6.43. The zero-order valence-electron chi connectivity index (χ0n) is 14.7. The van der Waals surface area contributed by atoms with Crippen molar-refractivity contribution < 1.29 is 9.59 Å². The van der Waals surface area contributed by atoms with Gasteiger partial charge in [-0.15, -0.1) is 0 Å². The first-order valence-electron chi connectivity index (χ1n) is 9.14. The van der Waals surface area contributed by atoms with Crippen LogP contribution in [-0.2, 0) is 0 Å². The molecule has 126 valence electrons. The molecule has 1 atom stereocenters. The van der Waals surface area contributed by atoms with Crippen molar-refractivity contribution in [1.82, 2.24) is 4.90 Å². The molecule has 0 aromatic heterocycles. The molecule has 3 heteroatoms. The van der Waals surface area contributed by atoms with E-state index < -0.39 is 0 Å². The number of hydrogen-bond donors (Lipinski definition) is 0. The van der Waals surface area contributed by atoms with Crippen molar-refractivity contribution in [3.63, 3.8) is 0 Å². The molecule has 1 aromatic carbocycles. The van der Waals surface area contributed by atoms with E-state index in [4.69, 9.17) is 0 Å². The van der Waals surface area contributed by atoms with Crippen molar-refractivity contribution in [1.29, 1.82) is 0 Å². The van der Waals surface area contributed by atoms with Gasteiger partial charge in [-0.2, -0.15) is 0 Å². The molecule has 2 rings (SSSR count). The van der Waals surface area contributed by atoms with Gasteiger partial charge in [0.2, 0.25) is 0 Å². The summed E-state index contributed by atoms with van der Waals surface area (Å²) in [4.78, 5) is 26.3. The normalized spacial score (nSPS) is 15.2. The van der Waals surface area contributed by atoms with Gasteiger partial charge in [0.25, 0.3) is 11.8 Å². The Hall–Kier alpha value is -1.64. The average molecular weight is 315 g/mol. The van der Waals surface area contributed by atoms with Crippen LogP contribution in [0, 0.1) is 0 Å². The van der Waals surface area contributed by atoms with Gasteiger partial charge < -0.3 is 0 Å². The molecule has 1 aromatic rings. The first kappa shape index (κ1) is 17.7. The summed E-state index contributed by atoms with van der Waals surface area (Å²) in [5.41, 5.74) is 2.34. The second kappa shape index (κ2) is 8.28. The molecular weight excluding hydrogens is 286 g/mol. The van der Waals surface area contributed by atoms with Gasteiger partial charge >= 0.3 is 0 Å². The fourth-order valence-electron chi connectivity index (χ4n) is 3.56. The molecule has 0 saturated carbocycles. The summed E-state index contributed by atoms with van der Waals surface area (Å²) in [7, 11) is 0. The van der Waals surface area contributed by atoms with Crippen molar-refractivity contribution >= 4 is 11.8 Å². The summed E-state index contributed by atoms with van der Waals surface area (Å²) in [6.07, 6.45) is 8.42. The molecule has 1 aliphatic heterocycles. The van der Waals surface area contributed by atoms with Crippen LogP contribution < -0.4 is 0 Å². The van der Waals surface area contributed by atoms with Crippen molar-refractivity contribution in [2.45, 2.75) is 71.6 Å². The fourth-order valence-corrected chi connectivity index (χ4v) is 3.56. The van der Waals surface area contributed by atoms with Crippen molar-refractivity contribution in [3.05, 3.63) is 34.9 Å². The Morgan fingerprint density at radius 3 is 2.35 bits per heavy atom. The highest BCUT2D eigenvalue weighted by molar-refractivity contribution is 6.22. The summed E-state index contributed by atoms with van der Waals surface area (Å²) < 4.78 is 0. The Morgan fingerprint density at radius 2 is 1.70 bits per heavy atom. The topological polar surface area (TPSA) is 37.4 Å². The molecule has 0 N–H and O–H groups in total. The Morgan fingerprint density at radius 1 is 0.957 bits per heavy atom. The van der Waals surface area contributed by atoms with E-state index in [9.17, 15) is 9.59 Å². The quantitative estimate of drug-likeness (QED) is 0.466. The lowest BCUT2D eigenvalue weighted by Gasteiger charge is -2.18. The Labute approximate surface area is 140 Å². The van der Waals surface area contributed by atoms with E-state index in [0.29, 0.717) is 23.6 Å². The number of nitrogens with zero attached hydrogens (tertiary/aromatic N) is 1. The number of amides is 2. The zero-order chi connectivity index (χ0) is 16.8. The van der Waals surface area contributed by atoms with Gasteiger partial charge in [-0.3, -0.25) is 14.5 Å². The van der Waals surface area contributed by atoms with Crippen LogP contribution in [0.15, 0.2) is 18.2 Å². The van der Waals surface area contributed by atoms with Crippen LogP contribution in [0.25, 0.3) is 0 Å². The molecule has 0 radical (unpaired) electrons. The highest BCUT2D eigenvalue weighted by Crippen LogP contribution is 2.34. The molecule has 0 fully saturated rings.